The molecule has 1 aromatic heterocycles. The van der Waals surface area contributed by atoms with Gasteiger partial charge in [-0.1, -0.05) is 53.8 Å². The Morgan fingerprint density at radius 3 is 2.37 bits per heavy atom. The van der Waals surface area contributed by atoms with Crippen LogP contribution >= 0.6 is 23.1 Å². The number of hydrogen-bond donors (Lipinski definition) is 1. The van der Waals surface area contributed by atoms with Gasteiger partial charge >= 0.3 is 5.97 Å². The van der Waals surface area contributed by atoms with Crippen LogP contribution in [0.5, 0.6) is 0 Å². The standard InChI is InChI=1S/C30H37N3O3S2/c1-30(2,3)36-27(34)18-11-21-9-12-23(13-10-21)24-14-16-25(17-15-24)28(35)31-29-33-32-26(38-29)20-37-19-22-7-5-4-6-8-22/h4-8,14-17,21,23H,9-13,18-20H2,1-3H3,(H,31,33,35). The lowest BCUT2D eigenvalue weighted by molar-refractivity contribution is -0.155. The molecule has 1 amide bonds. The molecular formula is C30H37N3O3S2. The molecule has 0 radical (unpaired) electrons. The van der Waals surface area contributed by atoms with E-state index in [0.29, 0.717) is 29.0 Å². The van der Waals surface area contributed by atoms with E-state index in [4.69, 9.17) is 4.74 Å². The zero-order valence-electron chi connectivity index (χ0n) is 22.4. The maximum atomic E-state index is 12.8. The fourth-order valence-electron chi connectivity index (χ4n) is 4.77. The maximum absolute atomic E-state index is 12.8. The highest BCUT2D eigenvalue weighted by molar-refractivity contribution is 7.97. The van der Waals surface area contributed by atoms with Crippen LogP contribution in [0.1, 0.15) is 91.7 Å². The molecule has 4 rings (SSSR count). The van der Waals surface area contributed by atoms with Crippen LogP contribution < -0.4 is 5.32 Å². The lowest BCUT2D eigenvalue weighted by atomic mass is 9.77. The summed E-state index contributed by atoms with van der Waals surface area (Å²) in [6.07, 6.45) is 5.87. The van der Waals surface area contributed by atoms with Gasteiger partial charge in [-0.3, -0.25) is 14.9 Å². The fourth-order valence-corrected chi connectivity index (χ4v) is 6.55. The second kappa shape index (κ2) is 13.4. The van der Waals surface area contributed by atoms with Gasteiger partial charge < -0.3 is 4.74 Å². The largest absolute Gasteiger partial charge is 0.460 e. The maximum Gasteiger partial charge on any atom is 0.306 e. The highest BCUT2D eigenvalue weighted by Crippen LogP contribution is 2.37. The summed E-state index contributed by atoms with van der Waals surface area (Å²) in [6.45, 7) is 5.72. The summed E-state index contributed by atoms with van der Waals surface area (Å²) in [5.41, 5.74) is 2.76. The molecule has 1 saturated carbocycles. The van der Waals surface area contributed by atoms with Gasteiger partial charge in [0.05, 0.1) is 0 Å². The van der Waals surface area contributed by atoms with Crippen molar-refractivity contribution in [1.82, 2.24) is 10.2 Å². The first-order chi connectivity index (χ1) is 18.2. The highest BCUT2D eigenvalue weighted by atomic mass is 32.2. The van der Waals surface area contributed by atoms with Gasteiger partial charge in [0, 0.05) is 23.5 Å². The Labute approximate surface area is 234 Å². The average molecular weight is 552 g/mol. The Balaban J connectivity index is 1.19. The lowest BCUT2D eigenvalue weighted by Gasteiger charge is -2.29. The summed E-state index contributed by atoms with van der Waals surface area (Å²) < 4.78 is 5.44. The molecule has 8 heteroatoms. The van der Waals surface area contributed by atoms with Crippen LogP contribution in [-0.4, -0.2) is 27.7 Å². The normalized spacial score (nSPS) is 17.7. The Morgan fingerprint density at radius 2 is 1.68 bits per heavy atom. The van der Waals surface area contributed by atoms with E-state index >= 15 is 0 Å². The molecule has 1 N–H and O–H groups in total. The molecular weight excluding hydrogens is 514 g/mol. The molecule has 1 aliphatic carbocycles. The second-order valence-electron chi connectivity index (χ2n) is 10.9. The first-order valence-corrected chi connectivity index (χ1v) is 15.3. The molecule has 0 unspecified atom stereocenters. The zero-order chi connectivity index (χ0) is 27.0. The number of amides is 1. The first-order valence-electron chi connectivity index (χ1n) is 13.3. The van der Waals surface area contributed by atoms with Crippen LogP contribution in [0.2, 0.25) is 0 Å². The summed E-state index contributed by atoms with van der Waals surface area (Å²) >= 11 is 3.20. The number of nitrogens with one attached hydrogen (secondary N) is 1. The van der Waals surface area contributed by atoms with Crippen molar-refractivity contribution in [2.24, 2.45) is 5.92 Å². The number of carbonyl (C=O) groups is 2. The van der Waals surface area contributed by atoms with Crippen molar-refractivity contribution in [2.45, 2.75) is 82.3 Å². The minimum absolute atomic E-state index is 0.0970. The summed E-state index contributed by atoms with van der Waals surface area (Å²) in [6, 6.07) is 18.3. The first kappa shape index (κ1) is 28.3. The second-order valence-corrected chi connectivity index (χ2v) is 12.9. The van der Waals surface area contributed by atoms with Gasteiger partial charge in [-0.25, -0.2) is 0 Å². The number of rotatable bonds is 10. The number of esters is 1. The van der Waals surface area contributed by atoms with Gasteiger partial charge in [0.25, 0.3) is 5.91 Å². The third kappa shape index (κ3) is 8.95. The smallest absolute Gasteiger partial charge is 0.306 e. The lowest BCUT2D eigenvalue weighted by Crippen LogP contribution is -2.24. The summed E-state index contributed by atoms with van der Waals surface area (Å²) in [5.74, 6) is 2.51. The third-order valence-corrected chi connectivity index (χ3v) is 8.73. The Kier molecular flexibility index (Phi) is 9.97. The van der Waals surface area contributed by atoms with Crippen LogP contribution in [-0.2, 0) is 21.0 Å². The van der Waals surface area contributed by atoms with Crippen molar-refractivity contribution in [3.05, 3.63) is 76.3 Å². The number of benzene rings is 2. The van der Waals surface area contributed by atoms with Crippen molar-refractivity contribution < 1.29 is 14.3 Å². The van der Waals surface area contributed by atoms with E-state index in [1.807, 2.05) is 51.1 Å². The molecule has 0 aliphatic heterocycles. The Hall–Kier alpha value is -2.71. The van der Waals surface area contributed by atoms with Crippen molar-refractivity contribution in [3.8, 4) is 0 Å². The average Bonchev–Trinajstić information content (AvgIpc) is 3.34. The van der Waals surface area contributed by atoms with Gasteiger partial charge in [0.2, 0.25) is 5.13 Å². The topological polar surface area (TPSA) is 81.2 Å². The van der Waals surface area contributed by atoms with E-state index in [1.54, 1.807) is 11.8 Å². The predicted molar refractivity (Wildman–Crippen MR) is 156 cm³/mol. The van der Waals surface area contributed by atoms with Gasteiger partial charge in [-0.15, -0.1) is 22.0 Å². The zero-order valence-corrected chi connectivity index (χ0v) is 24.1. The molecule has 1 fully saturated rings. The summed E-state index contributed by atoms with van der Waals surface area (Å²) in [7, 11) is 0. The monoisotopic (exact) mass is 551 g/mol. The number of thioether (sulfide) groups is 1. The number of hydrogen-bond acceptors (Lipinski definition) is 7. The van der Waals surface area contributed by atoms with Gasteiger partial charge in [-0.2, -0.15) is 0 Å². The molecule has 38 heavy (non-hydrogen) atoms. The molecule has 0 bridgehead atoms. The molecule has 0 saturated heterocycles. The van der Waals surface area contributed by atoms with Crippen LogP contribution in [0, 0.1) is 5.92 Å². The number of aromatic nitrogens is 2. The number of anilines is 1. The van der Waals surface area contributed by atoms with Crippen LogP contribution in [0.4, 0.5) is 5.13 Å². The number of ether oxygens (including phenoxy) is 1. The third-order valence-electron chi connectivity index (χ3n) is 6.69. The Morgan fingerprint density at radius 1 is 0.974 bits per heavy atom. The van der Waals surface area contributed by atoms with Crippen LogP contribution in [0.15, 0.2) is 54.6 Å². The quantitative estimate of drug-likeness (QED) is 0.261. The minimum Gasteiger partial charge on any atom is -0.460 e. The number of nitrogens with zero attached hydrogens (tertiary/aromatic N) is 2. The van der Waals surface area contributed by atoms with E-state index in [2.05, 4.69) is 39.8 Å². The molecule has 0 atom stereocenters. The van der Waals surface area contributed by atoms with Crippen molar-refractivity contribution >= 4 is 40.1 Å². The SMILES string of the molecule is CC(C)(C)OC(=O)CCC1CCC(c2ccc(C(=O)Nc3nnc(CSCc4ccccc4)s3)cc2)CC1. The van der Waals surface area contributed by atoms with Gasteiger partial charge in [0.1, 0.15) is 10.6 Å². The fraction of sp³-hybridized carbons (Fsp3) is 0.467. The van der Waals surface area contributed by atoms with Crippen molar-refractivity contribution in [3.63, 3.8) is 0 Å². The van der Waals surface area contributed by atoms with E-state index in [9.17, 15) is 9.59 Å². The van der Waals surface area contributed by atoms with Crippen LogP contribution in [0.3, 0.4) is 0 Å². The Bertz CT molecular complexity index is 1180. The van der Waals surface area contributed by atoms with E-state index < -0.39 is 5.60 Å². The van der Waals surface area contributed by atoms with Crippen LogP contribution in [0.25, 0.3) is 0 Å². The van der Waals surface area contributed by atoms with E-state index in [1.165, 1.54) is 22.5 Å². The van der Waals surface area contributed by atoms with E-state index in [0.717, 1.165) is 48.6 Å². The van der Waals surface area contributed by atoms with Gasteiger partial charge in [0.15, 0.2) is 0 Å². The molecule has 202 valence electrons. The molecule has 1 aliphatic rings. The van der Waals surface area contributed by atoms with Crippen molar-refractivity contribution in [2.75, 3.05) is 5.32 Å². The van der Waals surface area contributed by atoms with E-state index in [-0.39, 0.29) is 11.9 Å². The molecule has 3 aromatic rings. The van der Waals surface area contributed by atoms with Gasteiger partial charge in [-0.05, 0) is 88.0 Å². The molecule has 0 spiro atoms. The summed E-state index contributed by atoms with van der Waals surface area (Å²) in [5, 5.41) is 12.7. The molecule has 6 nitrogen and oxygen atoms in total. The number of carbonyl (C=O) groups excluding carboxylic acids is 2. The highest BCUT2D eigenvalue weighted by Gasteiger charge is 2.24. The molecule has 2 aromatic carbocycles. The van der Waals surface area contributed by atoms with Crippen molar-refractivity contribution in [1.29, 1.82) is 0 Å². The summed E-state index contributed by atoms with van der Waals surface area (Å²) in [4.78, 5) is 24.8. The molecule has 1 heterocycles. The minimum atomic E-state index is -0.417. The predicted octanol–water partition coefficient (Wildman–Crippen LogP) is 7.62.